The van der Waals surface area contributed by atoms with Gasteiger partial charge in [0.2, 0.25) is 0 Å². The van der Waals surface area contributed by atoms with E-state index in [-0.39, 0.29) is 0 Å². The van der Waals surface area contributed by atoms with Crippen molar-refractivity contribution in [2.75, 3.05) is 10.6 Å². The van der Waals surface area contributed by atoms with Crippen LogP contribution < -0.4 is 10.6 Å². The molecule has 2 aromatic carbocycles. The fourth-order valence-electron chi connectivity index (χ4n) is 3.13. The molecule has 0 amide bonds. The summed E-state index contributed by atoms with van der Waals surface area (Å²) in [6.45, 7) is 0.539. The maximum Gasteiger partial charge on any atom is 0.139 e. The van der Waals surface area contributed by atoms with Gasteiger partial charge in [0.05, 0.1) is 17.6 Å². The average Bonchev–Trinajstić information content (AvgIpc) is 3.16. The zero-order chi connectivity index (χ0) is 18.8. The molecule has 0 atom stereocenters. The van der Waals surface area contributed by atoms with Gasteiger partial charge in [-0.1, -0.05) is 36.4 Å². The molecule has 0 saturated carbocycles. The van der Waals surface area contributed by atoms with Crippen LogP contribution in [0.2, 0.25) is 0 Å². The Morgan fingerprint density at radius 1 is 0.857 bits per heavy atom. The highest BCUT2D eigenvalue weighted by Crippen LogP contribution is 2.23. The monoisotopic (exact) mass is 367 g/mol. The summed E-state index contributed by atoms with van der Waals surface area (Å²) in [5, 5.41) is 8.73. The molecule has 0 aliphatic rings. The summed E-state index contributed by atoms with van der Waals surface area (Å²) in [5.41, 5.74) is 1.97. The van der Waals surface area contributed by atoms with E-state index in [9.17, 15) is 0 Å². The number of aromatic nitrogens is 5. The molecule has 136 valence electrons. The molecule has 0 aliphatic carbocycles. The highest BCUT2D eigenvalue weighted by Gasteiger charge is 2.06. The van der Waals surface area contributed by atoms with Crippen LogP contribution in [0.3, 0.4) is 0 Å². The number of anilines is 3. The maximum absolute atomic E-state index is 4.57. The van der Waals surface area contributed by atoms with Crippen LogP contribution in [0.1, 0.15) is 5.82 Å². The van der Waals surface area contributed by atoms with Crippen LogP contribution in [-0.4, -0.2) is 24.9 Å². The number of fused-ring (bicyclic) bond motifs is 2. The molecule has 0 spiro atoms. The van der Waals surface area contributed by atoms with E-state index in [0.29, 0.717) is 18.2 Å². The first kappa shape index (κ1) is 16.2. The van der Waals surface area contributed by atoms with Gasteiger partial charge in [-0.05, 0) is 23.6 Å². The van der Waals surface area contributed by atoms with E-state index in [1.807, 2.05) is 54.6 Å². The molecule has 0 radical (unpaired) electrons. The van der Waals surface area contributed by atoms with Gasteiger partial charge in [-0.3, -0.25) is 0 Å². The molecule has 3 N–H and O–H groups in total. The van der Waals surface area contributed by atoms with Gasteiger partial charge in [0.1, 0.15) is 29.6 Å². The van der Waals surface area contributed by atoms with Crippen molar-refractivity contribution >= 4 is 39.3 Å². The topological polar surface area (TPSA) is 91.4 Å². The van der Waals surface area contributed by atoms with Crippen molar-refractivity contribution < 1.29 is 0 Å². The second-order valence-corrected chi connectivity index (χ2v) is 6.35. The predicted molar refractivity (Wildman–Crippen MR) is 110 cm³/mol. The quantitative estimate of drug-likeness (QED) is 0.430. The SMILES string of the molecule is c1ccc2c(Nc3cc(NCc4nc5ccccc5[nH]4)ncn3)nccc2c1. The number of H-pyrrole nitrogens is 1. The smallest absolute Gasteiger partial charge is 0.139 e. The number of benzene rings is 2. The Balaban J connectivity index is 1.34. The molecular formula is C21H17N7. The van der Waals surface area contributed by atoms with Crippen molar-refractivity contribution in [1.29, 1.82) is 0 Å². The molecule has 0 unspecified atom stereocenters. The summed E-state index contributed by atoms with van der Waals surface area (Å²) in [5.74, 6) is 2.99. The predicted octanol–water partition coefficient (Wildman–Crippen LogP) is 4.26. The first-order valence-corrected chi connectivity index (χ1v) is 8.95. The summed E-state index contributed by atoms with van der Waals surface area (Å²) >= 11 is 0. The maximum atomic E-state index is 4.57. The molecule has 0 bridgehead atoms. The fourth-order valence-corrected chi connectivity index (χ4v) is 3.13. The van der Waals surface area contributed by atoms with E-state index in [2.05, 4.69) is 41.6 Å². The van der Waals surface area contributed by atoms with Crippen molar-refractivity contribution in [3.63, 3.8) is 0 Å². The Hall–Kier alpha value is -4.00. The van der Waals surface area contributed by atoms with Gasteiger partial charge >= 0.3 is 0 Å². The Bertz CT molecular complexity index is 1220. The summed E-state index contributed by atoms with van der Waals surface area (Å²) in [4.78, 5) is 20.9. The summed E-state index contributed by atoms with van der Waals surface area (Å²) in [6.07, 6.45) is 3.31. The molecule has 0 saturated heterocycles. The number of pyridine rings is 1. The number of rotatable bonds is 5. The Morgan fingerprint density at radius 2 is 1.71 bits per heavy atom. The largest absolute Gasteiger partial charge is 0.363 e. The standard InChI is InChI=1S/C21H17N7/c1-2-6-15-14(5-1)9-10-22-21(15)28-19-11-18(24-13-25-19)23-12-20-26-16-7-3-4-8-17(16)27-20/h1-11,13H,12H2,(H,26,27)(H2,22,23,24,25,28). The van der Waals surface area contributed by atoms with Crippen molar-refractivity contribution in [2.24, 2.45) is 0 Å². The average molecular weight is 367 g/mol. The number of para-hydroxylation sites is 2. The summed E-state index contributed by atoms with van der Waals surface area (Å²) in [6, 6.07) is 19.9. The van der Waals surface area contributed by atoms with Crippen LogP contribution in [0.4, 0.5) is 17.5 Å². The van der Waals surface area contributed by atoms with E-state index in [4.69, 9.17) is 0 Å². The van der Waals surface area contributed by atoms with Crippen molar-refractivity contribution in [2.45, 2.75) is 6.54 Å². The number of aromatic amines is 1. The van der Waals surface area contributed by atoms with Gasteiger partial charge < -0.3 is 15.6 Å². The third-order valence-electron chi connectivity index (χ3n) is 4.46. The van der Waals surface area contributed by atoms with Crippen LogP contribution in [0, 0.1) is 0 Å². The molecule has 0 fully saturated rings. The lowest BCUT2D eigenvalue weighted by molar-refractivity contribution is 0.992. The number of hydrogen-bond acceptors (Lipinski definition) is 6. The normalized spacial score (nSPS) is 11.0. The van der Waals surface area contributed by atoms with E-state index < -0.39 is 0 Å². The fraction of sp³-hybridized carbons (Fsp3) is 0.0476. The molecule has 7 heteroatoms. The van der Waals surface area contributed by atoms with E-state index >= 15 is 0 Å². The minimum absolute atomic E-state index is 0.539. The molecule has 5 aromatic rings. The van der Waals surface area contributed by atoms with E-state index in [0.717, 1.165) is 33.4 Å². The number of hydrogen-bond donors (Lipinski definition) is 3. The third kappa shape index (κ3) is 3.21. The Labute approximate surface area is 160 Å². The summed E-state index contributed by atoms with van der Waals surface area (Å²) in [7, 11) is 0. The van der Waals surface area contributed by atoms with Crippen LogP contribution in [0.15, 0.2) is 73.2 Å². The van der Waals surface area contributed by atoms with Crippen LogP contribution in [-0.2, 0) is 6.54 Å². The first-order chi connectivity index (χ1) is 13.8. The lowest BCUT2D eigenvalue weighted by atomic mass is 10.1. The molecule has 3 aromatic heterocycles. The minimum Gasteiger partial charge on any atom is -0.363 e. The van der Waals surface area contributed by atoms with Gasteiger partial charge in [0.15, 0.2) is 0 Å². The van der Waals surface area contributed by atoms with Crippen LogP contribution in [0.5, 0.6) is 0 Å². The Morgan fingerprint density at radius 3 is 2.68 bits per heavy atom. The van der Waals surface area contributed by atoms with Crippen molar-refractivity contribution in [3.8, 4) is 0 Å². The first-order valence-electron chi connectivity index (χ1n) is 8.95. The van der Waals surface area contributed by atoms with E-state index in [1.54, 1.807) is 6.20 Å². The highest BCUT2D eigenvalue weighted by molar-refractivity contribution is 5.92. The molecule has 28 heavy (non-hydrogen) atoms. The summed E-state index contributed by atoms with van der Waals surface area (Å²) < 4.78 is 0. The van der Waals surface area contributed by atoms with Crippen LogP contribution in [0.25, 0.3) is 21.8 Å². The van der Waals surface area contributed by atoms with Crippen LogP contribution >= 0.6 is 0 Å². The zero-order valence-corrected chi connectivity index (χ0v) is 14.9. The number of nitrogens with zero attached hydrogens (tertiary/aromatic N) is 4. The number of nitrogens with one attached hydrogen (secondary N) is 3. The lowest BCUT2D eigenvalue weighted by Gasteiger charge is -2.09. The van der Waals surface area contributed by atoms with Gasteiger partial charge in [0.25, 0.3) is 0 Å². The Kier molecular flexibility index (Phi) is 4.02. The molecule has 5 rings (SSSR count). The lowest BCUT2D eigenvalue weighted by Crippen LogP contribution is -2.04. The second kappa shape index (κ2) is 6.96. The van der Waals surface area contributed by atoms with Gasteiger partial charge in [-0.2, -0.15) is 0 Å². The second-order valence-electron chi connectivity index (χ2n) is 6.35. The molecular weight excluding hydrogens is 350 g/mol. The van der Waals surface area contributed by atoms with Crippen molar-refractivity contribution in [3.05, 3.63) is 79.0 Å². The molecule has 0 aliphatic heterocycles. The van der Waals surface area contributed by atoms with Gasteiger partial charge in [-0.15, -0.1) is 0 Å². The van der Waals surface area contributed by atoms with Crippen molar-refractivity contribution in [1.82, 2.24) is 24.9 Å². The highest BCUT2D eigenvalue weighted by atomic mass is 15.1. The number of imidazole rings is 1. The van der Waals surface area contributed by atoms with E-state index in [1.165, 1.54) is 6.33 Å². The molecule has 3 heterocycles. The third-order valence-corrected chi connectivity index (χ3v) is 4.46. The zero-order valence-electron chi connectivity index (χ0n) is 14.9. The van der Waals surface area contributed by atoms with Gasteiger partial charge in [-0.25, -0.2) is 19.9 Å². The minimum atomic E-state index is 0.539. The van der Waals surface area contributed by atoms with Gasteiger partial charge in [0, 0.05) is 17.6 Å². The molecule has 7 nitrogen and oxygen atoms in total.